The summed E-state index contributed by atoms with van der Waals surface area (Å²) in [6, 6.07) is 4.07. The minimum Gasteiger partial charge on any atom is -0.367 e. The molecule has 39 heavy (non-hydrogen) atoms. The maximum Gasteiger partial charge on any atom is 0.449 e. The van der Waals surface area contributed by atoms with Crippen LogP contribution in [0.3, 0.4) is 0 Å². The smallest absolute Gasteiger partial charge is 0.367 e. The average Bonchev–Trinajstić information content (AvgIpc) is 3.61. The maximum atomic E-state index is 15.0. The molecule has 1 aromatic carbocycles. The van der Waals surface area contributed by atoms with E-state index in [1.165, 1.54) is 12.1 Å². The molecular weight excluding hydrogens is 542 g/mol. The Hall–Kier alpha value is -3.58. The Morgan fingerprint density at radius 1 is 1.10 bits per heavy atom. The molecule has 0 N–H and O–H groups in total. The van der Waals surface area contributed by atoms with Gasteiger partial charge in [-0.15, -0.1) is 0 Å². The SMILES string of the molecule is C[C@H]1CN(c2nc(-c3ccc(Cl)cc3F)c3nc(C(F)(F)F)n(C)c(=O)c3n2)C[C@@H](c2cnn(C3CC3)c2)O1. The number of ether oxygens (including phenoxy) is 1. The van der Waals surface area contributed by atoms with Crippen molar-refractivity contribution < 1.29 is 22.3 Å². The van der Waals surface area contributed by atoms with Crippen molar-refractivity contribution in [2.45, 2.75) is 44.2 Å². The Morgan fingerprint density at radius 3 is 2.56 bits per heavy atom. The van der Waals surface area contributed by atoms with Crippen LogP contribution in [0.25, 0.3) is 22.3 Å². The van der Waals surface area contributed by atoms with Gasteiger partial charge in [-0.1, -0.05) is 11.6 Å². The molecule has 6 rings (SSSR count). The first kappa shape index (κ1) is 25.7. The molecule has 0 amide bonds. The van der Waals surface area contributed by atoms with E-state index in [1.54, 1.807) is 11.1 Å². The van der Waals surface area contributed by atoms with Crippen molar-refractivity contribution >= 4 is 28.6 Å². The summed E-state index contributed by atoms with van der Waals surface area (Å²) in [6.07, 6.45) is 0.210. The zero-order valence-electron chi connectivity index (χ0n) is 20.8. The number of morpholine rings is 1. The third-order valence-electron chi connectivity index (χ3n) is 6.81. The van der Waals surface area contributed by atoms with E-state index in [2.05, 4.69) is 20.1 Å². The maximum absolute atomic E-state index is 15.0. The third-order valence-corrected chi connectivity index (χ3v) is 7.05. The average molecular weight is 564 g/mol. The number of hydrogen-bond acceptors (Lipinski definition) is 7. The summed E-state index contributed by atoms with van der Waals surface area (Å²) in [5.74, 6) is -2.23. The van der Waals surface area contributed by atoms with Gasteiger partial charge in [0, 0.05) is 35.9 Å². The summed E-state index contributed by atoms with van der Waals surface area (Å²) < 4.78 is 64.6. The number of anilines is 1. The predicted molar refractivity (Wildman–Crippen MR) is 134 cm³/mol. The molecule has 1 aliphatic carbocycles. The molecule has 4 aromatic rings. The minimum atomic E-state index is -4.94. The molecule has 2 fully saturated rings. The second kappa shape index (κ2) is 9.26. The standard InChI is InChI=1S/C25H22ClF4N7O2/c1-12-9-36(11-18(39-12)13-8-31-37(10-13)15-4-5-15)24-33-19(16-6-3-14(26)7-17(16)27)20-21(34-24)22(38)35(2)23(32-20)25(28,29)30/h3,6-8,10,12,15,18H,4-5,9,11H2,1-2H3/t12-,18-/m0/s1. The fraction of sp³-hybridized carbons (Fsp3) is 0.400. The van der Waals surface area contributed by atoms with Crippen molar-refractivity contribution in [2.75, 3.05) is 18.0 Å². The lowest BCUT2D eigenvalue weighted by Gasteiger charge is -2.36. The highest BCUT2D eigenvalue weighted by Gasteiger charge is 2.38. The number of rotatable bonds is 4. The Labute approximate surface area is 224 Å². The highest BCUT2D eigenvalue weighted by molar-refractivity contribution is 6.30. The van der Waals surface area contributed by atoms with Crippen LogP contribution in [-0.4, -0.2) is 48.5 Å². The van der Waals surface area contributed by atoms with Crippen LogP contribution in [0.1, 0.15) is 43.3 Å². The van der Waals surface area contributed by atoms with E-state index in [0.717, 1.165) is 31.5 Å². The molecule has 1 saturated carbocycles. The fourth-order valence-electron chi connectivity index (χ4n) is 4.75. The predicted octanol–water partition coefficient (Wildman–Crippen LogP) is 4.70. The van der Waals surface area contributed by atoms with E-state index < -0.39 is 35.0 Å². The summed E-state index contributed by atoms with van der Waals surface area (Å²) >= 11 is 5.90. The summed E-state index contributed by atoms with van der Waals surface area (Å²) in [4.78, 5) is 27.4. The first-order valence-electron chi connectivity index (χ1n) is 12.3. The van der Waals surface area contributed by atoms with Crippen molar-refractivity contribution in [1.29, 1.82) is 0 Å². The molecule has 2 aliphatic rings. The summed E-state index contributed by atoms with van der Waals surface area (Å²) in [5, 5.41) is 4.52. The Bertz CT molecular complexity index is 1650. The third kappa shape index (κ3) is 4.73. The molecule has 14 heteroatoms. The van der Waals surface area contributed by atoms with Crippen molar-refractivity contribution in [3.63, 3.8) is 0 Å². The highest BCUT2D eigenvalue weighted by atomic mass is 35.5. The molecule has 0 bridgehead atoms. The van der Waals surface area contributed by atoms with Crippen LogP contribution in [-0.2, 0) is 18.0 Å². The van der Waals surface area contributed by atoms with Crippen molar-refractivity contribution in [1.82, 2.24) is 29.3 Å². The van der Waals surface area contributed by atoms with Gasteiger partial charge in [0.05, 0.1) is 24.9 Å². The van der Waals surface area contributed by atoms with Gasteiger partial charge in [-0.25, -0.2) is 19.3 Å². The van der Waals surface area contributed by atoms with Crippen LogP contribution >= 0.6 is 11.6 Å². The second-order valence-corrected chi connectivity index (χ2v) is 10.3. The van der Waals surface area contributed by atoms with Crippen molar-refractivity contribution in [3.05, 3.63) is 63.2 Å². The summed E-state index contributed by atoms with van der Waals surface area (Å²) in [7, 11) is 0.965. The Kier molecular flexibility index (Phi) is 6.10. The van der Waals surface area contributed by atoms with Crippen LogP contribution in [0, 0.1) is 5.82 Å². The molecule has 204 valence electrons. The number of hydrogen-bond donors (Lipinski definition) is 0. The molecule has 1 aliphatic heterocycles. The van der Waals surface area contributed by atoms with Crippen LogP contribution < -0.4 is 10.5 Å². The van der Waals surface area contributed by atoms with Gasteiger partial charge in [-0.2, -0.15) is 18.3 Å². The molecule has 3 aromatic heterocycles. The van der Waals surface area contributed by atoms with Gasteiger partial charge < -0.3 is 9.64 Å². The van der Waals surface area contributed by atoms with E-state index in [-0.39, 0.29) is 40.4 Å². The lowest BCUT2D eigenvalue weighted by molar-refractivity contribution is -0.147. The van der Waals surface area contributed by atoms with Gasteiger partial charge in [0.1, 0.15) is 23.1 Å². The number of fused-ring (bicyclic) bond motifs is 1. The van der Waals surface area contributed by atoms with Gasteiger partial charge in [0.25, 0.3) is 5.56 Å². The highest BCUT2D eigenvalue weighted by Crippen LogP contribution is 2.37. The normalized spacial score (nSPS) is 20.1. The quantitative estimate of drug-likeness (QED) is 0.332. The number of benzene rings is 1. The van der Waals surface area contributed by atoms with Crippen LogP contribution in [0.5, 0.6) is 0 Å². The van der Waals surface area contributed by atoms with Crippen LogP contribution in [0.4, 0.5) is 23.5 Å². The topological polar surface area (TPSA) is 91.0 Å². The number of halogens is 5. The lowest BCUT2D eigenvalue weighted by Crippen LogP contribution is -2.44. The fourth-order valence-corrected chi connectivity index (χ4v) is 4.91. The zero-order chi connectivity index (χ0) is 27.6. The molecule has 2 atom stereocenters. The van der Waals surface area contributed by atoms with Crippen LogP contribution in [0.2, 0.25) is 5.02 Å². The number of aromatic nitrogens is 6. The number of alkyl halides is 3. The molecular formula is C25H22ClF4N7O2. The monoisotopic (exact) mass is 563 g/mol. The van der Waals surface area contributed by atoms with E-state index in [0.29, 0.717) is 17.2 Å². The summed E-state index contributed by atoms with van der Waals surface area (Å²) in [6.45, 7) is 2.47. The van der Waals surface area contributed by atoms with Gasteiger partial charge in [0.2, 0.25) is 11.8 Å². The second-order valence-electron chi connectivity index (χ2n) is 9.82. The van der Waals surface area contributed by atoms with Gasteiger partial charge in [-0.3, -0.25) is 14.0 Å². The van der Waals surface area contributed by atoms with Crippen LogP contribution in [0.15, 0.2) is 35.4 Å². The van der Waals surface area contributed by atoms with E-state index in [1.807, 2.05) is 17.8 Å². The van der Waals surface area contributed by atoms with Gasteiger partial charge in [0.15, 0.2) is 5.52 Å². The molecule has 0 radical (unpaired) electrons. The Balaban J connectivity index is 1.50. The number of nitrogens with zero attached hydrogens (tertiary/aromatic N) is 7. The van der Waals surface area contributed by atoms with E-state index >= 15 is 4.39 Å². The van der Waals surface area contributed by atoms with E-state index in [4.69, 9.17) is 16.3 Å². The summed E-state index contributed by atoms with van der Waals surface area (Å²) in [5.41, 5.74) is -1.41. The van der Waals surface area contributed by atoms with Gasteiger partial charge >= 0.3 is 6.18 Å². The molecule has 4 heterocycles. The minimum absolute atomic E-state index is 0.0419. The molecule has 0 unspecified atom stereocenters. The largest absolute Gasteiger partial charge is 0.449 e. The van der Waals surface area contributed by atoms with E-state index in [9.17, 15) is 18.0 Å². The van der Waals surface area contributed by atoms with Crippen molar-refractivity contribution in [3.8, 4) is 11.3 Å². The first-order valence-corrected chi connectivity index (χ1v) is 12.6. The molecule has 1 saturated heterocycles. The van der Waals surface area contributed by atoms with Crippen molar-refractivity contribution in [2.24, 2.45) is 7.05 Å². The zero-order valence-corrected chi connectivity index (χ0v) is 21.5. The first-order chi connectivity index (χ1) is 18.5. The molecule has 9 nitrogen and oxygen atoms in total. The Morgan fingerprint density at radius 2 is 1.87 bits per heavy atom. The van der Waals surface area contributed by atoms with Gasteiger partial charge in [-0.05, 0) is 38.0 Å². The molecule has 0 spiro atoms. The lowest BCUT2D eigenvalue weighted by atomic mass is 10.1.